The zero-order chi connectivity index (χ0) is 13.1. The van der Waals surface area contributed by atoms with Crippen molar-refractivity contribution in [2.75, 3.05) is 5.32 Å². The van der Waals surface area contributed by atoms with E-state index in [2.05, 4.69) is 11.4 Å². The largest absolute Gasteiger partial charge is 0.417 e. The van der Waals surface area contributed by atoms with Crippen molar-refractivity contribution in [1.29, 1.82) is 0 Å². The average Bonchev–Trinajstić information content (AvgIpc) is 2.87. The first kappa shape index (κ1) is 11.8. The van der Waals surface area contributed by atoms with Crippen LogP contribution in [0.2, 0.25) is 0 Å². The van der Waals surface area contributed by atoms with Gasteiger partial charge in [0.1, 0.15) is 5.75 Å². The Morgan fingerprint density at radius 1 is 1.00 bits per heavy atom. The maximum Gasteiger partial charge on any atom is 0.417 e. The lowest BCUT2D eigenvalue weighted by atomic mass is 10.1. The number of fused-ring (bicyclic) bond motifs is 1. The van der Waals surface area contributed by atoms with E-state index < -0.39 is 6.09 Å². The van der Waals surface area contributed by atoms with Gasteiger partial charge in [0, 0.05) is 5.69 Å². The lowest BCUT2D eigenvalue weighted by molar-refractivity contribution is 0.215. The summed E-state index contributed by atoms with van der Waals surface area (Å²) in [6.45, 7) is 0. The zero-order valence-corrected chi connectivity index (χ0v) is 10.6. The minimum absolute atomic E-state index is 0.454. The molecule has 0 fully saturated rings. The zero-order valence-electron chi connectivity index (χ0n) is 10.6. The Hall–Kier alpha value is -2.29. The van der Waals surface area contributed by atoms with Gasteiger partial charge in [0.15, 0.2) is 0 Å². The fourth-order valence-corrected chi connectivity index (χ4v) is 2.39. The Labute approximate surface area is 112 Å². The molecule has 2 aromatic carbocycles. The summed E-state index contributed by atoms with van der Waals surface area (Å²) in [7, 11) is 0. The second-order valence-corrected chi connectivity index (χ2v) is 4.66. The summed E-state index contributed by atoms with van der Waals surface area (Å²) < 4.78 is 5.19. The van der Waals surface area contributed by atoms with E-state index in [1.165, 1.54) is 17.5 Å². The molecule has 0 saturated heterocycles. The number of carbonyl (C=O) groups is 1. The number of para-hydroxylation sites is 1. The number of aryl methyl sites for hydroxylation is 2. The minimum Gasteiger partial charge on any atom is -0.410 e. The van der Waals surface area contributed by atoms with E-state index in [1.54, 1.807) is 12.1 Å². The fraction of sp³-hybridized carbons (Fsp3) is 0.188. The number of amides is 1. The van der Waals surface area contributed by atoms with Crippen LogP contribution < -0.4 is 10.1 Å². The van der Waals surface area contributed by atoms with Gasteiger partial charge in [-0.3, -0.25) is 5.32 Å². The second-order valence-electron chi connectivity index (χ2n) is 4.66. The molecule has 96 valence electrons. The Balaban J connectivity index is 1.66. The van der Waals surface area contributed by atoms with Crippen LogP contribution in [-0.4, -0.2) is 6.09 Å². The molecule has 3 rings (SSSR count). The fourth-order valence-electron chi connectivity index (χ4n) is 2.39. The Bertz CT molecular complexity index is 593. The maximum atomic E-state index is 11.7. The highest BCUT2D eigenvalue weighted by Crippen LogP contribution is 2.25. The molecule has 2 aromatic rings. The quantitative estimate of drug-likeness (QED) is 0.884. The lowest BCUT2D eigenvalue weighted by Crippen LogP contribution is -2.16. The molecular weight excluding hydrogens is 238 g/mol. The van der Waals surface area contributed by atoms with Crippen molar-refractivity contribution in [3.63, 3.8) is 0 Å². The van der Waals surface area contributed by atoms with Gasteiger partial charge >= 0.3 is 6.09 Å². The molecule has 0 spiro atoms. The van der Waals surface area contributed by atoms with Gasteiger partial charge < -0.3 is 4.74 Å². The maximum absolute atomic E-state index is 11.7. The van der Waals surface area contributed by atoms with Crippen molar-refractivity contribution < 1.29 is 9.53 Å². The summed E-state index contributed by atoms with van der Waals surface area (Å²) in [4.78, 5) is 11.7. The summed E-state index contributed by atoms with van der Waals surface area (Å²) in [6, 6.07) is 15.1. The van der Waals surface area contributed by atoms with Crippen LogP contribution in [0.4, 0.5) is 10.5 Å². The van der Waals surface area contributed by atoms with Crippen LogP contribution in [-0.2, 0) is 12.8 Å². The van der Waals surface area contributed by atoms with Crippen molar-refractivity contribution in [2.24, 2.45) is 0 Å². The number of hydrogen-bond donors (Lipinski definition) is 1. The van der Waals surface area contributed by atoms with Crippen molar-refractivity contribution in [3.05, 3.63) is 59.7 Å². The molecule has 1 aliphatic rings. The van der Waals surface area contributed by atoms with Gasteiger partial charge in [-0.25, -0.2) is 4.79 Å². The van der Waals surface area contributed by atoms with E-state index in [1.807, 2.05) is 30.3 Å². The highest BCUT2D eigenvalue weighted by atomic mass is 16.6. The van der Waals surface area contributed by atoms with Crippen LogP contribution in [0.5, 0.6) is 5.75 Å². The van der Waals surface area contributed by atoms with Gasteiger partial charge in [-0.1, -0.05) is 24.3 Å². The van der Waals surface area contributed by atoms with Crippen molar-refractivity contribution >= 4 is 11.8 Å². The molecule has 0 saturated carbocycles. The average molecular weight is 253 g/mol. The first-order valence-electron chi connectivity index (χ1n) is 6.47. The van der Waals surface area contributed by atoms with Gasteiger partial charge in [-0.05, 0) is 54.7 Å². The number of ether oxygens (including phenoxy) is 1. The summed E-state index contributed by atoms with van der Waals surface area (Å²) in [5.74, 6) is 0.543. The number of hydrogen-bond acceptors (Lipinski definition) is 2. The normalized spacial score (nSPS) is 12.8. The van der Waals surface area contributed by atoms with Crippen LogP contribution in [0.25, 0.3) is 0 Å². The van der Waals surface area contributed by atoms with Gasteiger partial charge in [0.25, 0.3) is 0 Å². The Morgan fingerprint density at radius 3 is 2.63 bits per heavy atom. The van der Waals surface area contributed by atoms with E-state index in [9.17, 15) is 4.79 Å². The van der Waals surface area contributed by atoms with Crippen LogP contribution in [0.15, 0.2) is 48.5 Å². The molecule has 0 bridgehead atoms. The van der Waals surface area contributed by atoms with Crippen LogP contribution in [0.3, 0.4) is 0 Å². The first-order chi connectivity index (χ1) is 9.31. The molecule has 1 amide bonds. The summed E-state index contributed by atoms with van der Waals surface area (Å²) >= 11 is 0. The molecular formula is C16H15NO2. The van der Waals surface area contributed by atoms with E-state index in [0.717, 1.165) is 18.5 Å². The highest BCUT2D eigenvalue weighted by molar-refractivity contribution is 5.86. The molecule has 0 atom stereocenters. The number of carbonyl (C=O) groups excluding carboxylic acids is 1. The van der Waals surface area contributed by atoms with Gasteiger partial charge in [0.05, 0.1) is 0 Å². The van der Waals surface area contributed by atoms with E-state index in [4.69, 9.17) is 4.74 Å². The molecule has 19 heavy (non-hydrogen) atoms. The van der Waals surface area contributed by atoms with Crippen LogP contribution in [0.1, 0.15) is 17.5 Å². The van der Waals surface area contributed by atoms with Gasteiger partial charge in [0.2, 0.25) is 0 Å². The monoisotopic (exact) mass is 253 g/mol. The topological polar surface area (TPSA) is 38.3 Å². The SMILES string of the molecule is O=C(Nc1ccc2c(c1)CCC2)Oc1ccccc1. The third-order valence-corrected chi connectivity index (χ3v) is 3.30. The lowest BCUT2D eigenvalue weighted by Gasteiger charge is -2.08. The molecule has 0 radical (unpaired) electrons. The van der Waals surface area contributed by atoms with Crippen molar-refractivity contribution in [3.8, 4) is 5.75 Å². The predicted octanol–water partition coefficient (Wildman–Crippen LogP) is 3.79. The molecule has 1 aliphatic carbocycles. The first-order valence-corrected chi connectivity index (χ1v) is 6.47. The summed E-state index contributed by atoms with van der Waals surface area (Å²) in [5, 5.41) is 2.76. The molecule has 3 nitrogen and oxygen atoms in total. The Morgan fingerprint density at radius 2 is 1.79 bits per heavy atom. The van der Waals surface area contributed by atoms with Crippen LogP contribution >= 0.6 is 0 Å². The molecule has 0 aromatic heterocycles. The van der Waals surface area contributed by atoms with E-state index in [-0.39, 0.29) is 0 Å². The molecule has 0 heterocycles. The van der Waals surface area contributed by atoms with Crippen molar-refractivity contribution in [1.82, 2.24) is 0 Å². The third kappa shape index (κ3) is 2.76. The summed E-state index contributed by atoms with van der Waals surface area (Å²) in [5.41, 5.74) is 3.51. The molecule has 1 N–H and O–H groups in total. The highest BCUT2D eigenvalue weighted by Gasteiger charge is 2.12. The standard InChI is InChI=1S/C16H15NO2/c18-16(19-15-7-2-1-3-8-15)17-14-10-9-12-5-4-6-13(12)11-14/h1-3,7-11H,4-6H2,(H,17,18). The van der Waals surface area contributed by atoms with E-state index in [0.29, 0.717) is 5.75 Å². The number of anilines is 1. The van der Waals surface area contributed by atoms with Gasteiger partial charge in [-0.15, -0.1) is 0 Å². The third-order valence-electron chi connectivity index (χ3n) is 3.30. The minimum atomic E-state index is -0.454. The number of rotatable bonds is 2. The molecule has 3 heteroatoms. The van der Waals surface area contributed by atoms with Crippen LogP contribution in [0, 0.1) is 0 Å². The second kappa shape index (κ2) is 5.14. The smallest absolute Gasteiger partial charge is 0.410 e. The number of nitrogens with one attached hydrogen (secondary N) is 1. The van der Waals surface area contributed by atoms with Crippen molar-refractivity contribution in [2.45, 2.75) is 19.3 Å². The molecule has 0 aliphatic heterocycles. The van der Waals surface area contributed by atoms with Gasteiger partial charge in [-0.2, -0.15) is 0 Å². The predicted molar refractivity (Wildman–Crippen MR) is 74.6 cm³/mol. The number of benzene rings is 2. The Kier molecular flexibility index (Phi) is 3.19. The summed E-state index contributed by atoms with van der Waals surface area (Å²) in [6.07, 6.45) is 2.99. The van der Waals surface area contributed by atoms with E-state index >= 15 is 0 Å². The molecule has 0 unspecified atom stereocenters.